The number of hydrogen-bond donors (Lipinski definition) is 4. The summed E-state index contributed by atoms with van der Waals surface area (Å²) in [6.45, 7) is -0.0116. The van der Waals surface area contributed by atoms with Gasteiger partial charge in [0.1, 0.15) is 23.5 Å². The van der Waals surface area contributed by atoms with Gasteiger partial charge in [0.25, 0.3) is 0 Å². The standard InChI is InChI=1S/C16H13NO7/c18-13-11(14(19)20)6-10(7-12(13)15(21)22)17-16(23)24-8-9-4-2-1-3-5-9/h1-7,18H,8H2,(H,17,23)(H,19,20)(H,21,22). The number of aromatic hydroxyl groups is 1. The Balaban J connectivity index is 2.15. The fourth-order valence-corrected chi connectivity index (χ4v) is 1.91. The third kappa shape index (κ3) is 4.01. The number of ether oxygens (including phenoxy) is 1. The van der Waals surface area contributed by atoms with Crippen LogP contribution in [0.5, 0.6) is 5.75 Å². The van der Waals surface area contributed by atoms with Crippen LogP contribution in [0.4, 0.5) is 10.5 Å². The minimum atomic E-state index is -1.53. The van der Waals surface area contributed by atoms with Crippen LogP contribution in [0, 0.1) is 0 Å². The van der Waals surface area contributed by atoms with Crippen LogP contribution in [0.3, 0.4) is 0 Å². The number of amides is 1. The zero-order chi connectivity index (χ0) is 17.7. The summed E-state index contributed by atoms with van der Waals surface area (Å²) in [5.41, 5.74) is -0.669. The number of benzene rings is 2. The molecule has 124 valence electrons. The van der Waals surface area contributed by atoms with Crippen molar-refractivity contribution in [2.45, 2.75) is 6.61 Å². The number of carboxylic acid groups (broad SMARTS) is 2. The average Bonchev–Trinajstić information content (AvgIpc) is 2.55. The zero-order valence-electron chi connectivity index (χ0n) is 12.2. The predicted molar refractivity (Wildman–Crippen MR) is 82.3 cm³/mol. The largest absolute Gasteiger partial charge is 0.506 e. The minimum absolute atomic E-state index is 0.0116. The monoisotopic (exact) mass is 331 g/mol. The molecule has 8 heteroatoms. The SMILES string of the molecule is O=C(Nc1cc(C(=O)O)c(O)c(C(=O)O)c1)OCc1ccccc1. The van der Waals surface area contributed by atoms with Crippen LogP contribution in [-0.4, -0.2) is 33.4 Å². The van der Waals surface area contributed by atoms with E-state index in [1.54, 1.807) is 30.3 Å². The van der Waals surface area contributed by atoms with Crippen molar-refractivity contribution in [2.24, 2.45) is 0 Å². The predicted octanol–water partition coefficient (Wildman–Crippen LogP) is 2.54. The normalized spacial score (nSPS) is 10.0. The lowest BCUT2D eigenvalue weighted by Crippen LogP contribution is -2.15. The molecule has 8 nitrogen and oxygen atoms in total. The van der Waals surface area contributed by atoms with Gasteiger partial charge in [0, 0.05) is 5.69 Å². The Morgan fingerprint density at radius 1 is 0.958 bits per heavy atom. The van der Waals surface area contributed by atoms with Gasteiger partial charge in [0.15, 0.2) is 0 Å². The molecule has 24 heavy (non-hydrogen) atoms. The van der Waals surface area contributed by atoms with E-state index in [1.165, 1.54) is 0 Å². The van der Waals surface area contributed by atoms with Crippen molar-refractivity contribution in [2.75, 3.05) is 5.32 Å². The van der Waals surface area contributed by atoms with Crippen LogP contribution >= 0.6 is 0 Å². The maximum Gasteiger partial charge on any atom is 0.411 e. The molecule has 0 bridgehead atoms. The molecule has 2 aromatic rings. The molecule has 0 radical (unpaired) electrons. The van der Waals surface area contributed by atoms with Gasteiger partial charge in [-0.2, -0.15) is 0 Å². The van der Waals surface area contributed by atoms with E-state index in [0.717, 1.165) is 17.7 Å². The smallest absolute Gasteiger partial charge is 0.411 e. The molecular weight excluding hydrogens is 318 g/mol. The molecule has 0 aliphatic rings. The Labute approximate surface area is 135 Å². The molecule has 0 aromatic heterocycles. The average molecular weight is 331 g/mol. The summed E-state index contributed by atoms with van der Waals surface area (Å²) in [6, 6.07) is 10.7. The van der Waals surface area contributed by atoms with Crippen molar-refractivity contribution in [1.29, 1.82) is 0 Å². The fraction of sp³-hybridized carbons (Fsp3) is 0.0625. The lowest BCUT2D eigenvalue weighted by molar-refractivity contribution is 0.0691. The minimum Gasteiger partial charge on any atom is -0.506 e. The Kier molecular flexibility index (Phi) is 5.00. The molecule has 0 unspecified atom stereocenters. The highest BCUT2D eigenvalue weighted by atomic mass is 16.5. The van der Waals surface area contributed by atoms with E-state index in [2.05, 4.69) is 5.32 Å². The van der Waals surface area contributed by atoms with Crippen LogP contribution in [0.1, 0.15) is 26.3 Å². The van der Waals surface area contributed by atoms with E-state index in [4.69, 9.17) is 14.9 Å². The molecule has 0 saturated carbocycles. The van der Waals surface area contributed by atoms with Gasteiger partial charge < -0.3 is 20.1 Å². The van der Waals surface area contributed by atoms with Crippen LogP contribution in [0.25, 0.3) is 0 Å². The molecule has 2 aromatic carbocycles. The third-order valence-corrected chi connectivity index (χ3v) is 3.03. The Morgan fingerprint density at radius 3 is 2.00 bits per heavy atom. The number of hydrogen-bond acceptors (Lipinski definition) is 5. The van der Waals surface area contributed by atoms with Gasteiger partial charge in [-0.05, 0) is 17.7 Å². The molecule has 2 rings (SSSR count). The maximum atomic E-state index is 11.7. The molecule has 1 amide bonds. The molecule has 0 saturated heterocycles. The molecule has 4 N–H and O–H groups in total. The summed E-state index contributed by atoms with van der Waals surface area (Å²) < 4.78 is 4.96. The second-order valence-electron chi connectivity index (χ2n) is 4.72. The lowest BCUT2D eigenvalue weighted by atomic mass is 10.1. The van der Waals surface area contributed by atoms with Crippen molar-refractivity contribution in [1.82, 2.24) is 0 Å². The summed E-state index contributed by atoms with van der Waals surface area (Å²) in [4.78, 5) is 33.8. The molecule has 0 aliphatic carbocycles. The fourth-order valence-electron chi connectivity index (χ4n) is 1.91. The van der Waals surface area contributed by atoms with E-state index < -0.39 is 34.9 Å². The number of anilines is 1. The zero-order valence-corrected chi connectivity index (χ0v) is 12.2. The highest BCUT2D eigenvalue weighted by Crippen LogP contribution is 2.27. The van der Waals surface area contributed by atoms with Crippen LogP contribution < -0.4 is 5.32 Å². The Morgan fingerprint density at radius 2 is 1.50 bits per heavy atom. The van der Waals surface area contributed by atoms with E-state index in [1.807, 2.05) is 0 Å². The summed E-state index contributed by atoms with van der Waals surface area (Å²) in [5, 5.41) is 29.8. The highest BCUT2D eigenvalue weighted by Gasteiger charge is 2.20. The van der Waals surface area contributed by atoms with Gasteiger partial charge in [-0.15, -0.1) is 0 Å². The molecule has 0 aliphatic heterocycles. The van der Waals surface area contributed by atoms with Crippen LogP contribution in [0.15, 0.2) is 42.5 Å². The second-order valence-corrected chi connectivity index (χ2v) is 4.72. The van der Waals surface area contributed by atoms with E-state index >= 15 is 0 Å². The lowest BCUT2D eigenvalue weighted by Gasteiger charge is -2.10. The summed E-state index contributed by atoms with van der Waals surface area (Å²) in [6.07, 6.45) is -0.891. The first-order valence-corrected chi connectivity index (χ1v) is 6.69. The number of nitrogens with one attached hydrogen (secondary N) is 1. The number of aromatic carboxylic acids is 2. The van der Waals surface area contributed by atoms with Gasteiger partial charge in [-0.3, -0.25) is 5.32 Å². The molecule has 0 atom stereocenters. The molecule has 0 heterocycles. The van der Waals surface area contributed by atoms with Gasteiger partial charge in [-0.1, -0.05) is 30.3 Å². The van der Waals surface area contributed by atoms with Crippen molar-refractivity contribution >= 4 is 23.7 Å². The number of carbonyl (C=O) groups excluding carboxylic acids is 1. The van der Waals surface area contributed by atoms with Crippen LogP contribution in [-0.2, 0) is 11.3 Å². The Hall–Kier alpha value is -3.55. The van der Waals surface area contributed by atoms with Crippen molar-refractivity contribution in [3.05, 3.63) is 59.2 Å². The second kappa shape index (κ2) is 7.14. The topological polar surface area (TPSA) is 133 Å². The van der Waals surface area contributed by atoms with E-state index in [0.29, 0.717) is 0 Å². The molecule has 0 fully saturated rings. The van der Waals surface area contributed by atoms with Crippen molar-refractivity contribution in [3.8, 4) is 5.75 Å². The summed E-state index contributed by atoms with van der Waals surface area (Å²) >= 11 is 0. The number of carbonyl (C=O) groups is 3. The summed E-state index contributed by atoms with van der Waals surface area (Å²) in [7, 11) is 0. The van der Waals surface area contributed by atoms with E-state index in [-0.39, 0.29) is 12.3 Å². The van der Waals surface area contributed by atoms with Crippen molar-refractivity contribution < 1.29 is 34.4 Å². The maximum absolute atomic E-state index is 11.7. The first kappa shape index (κ1) is 16.8. The van der Waals surface area contributed by atoms with E-state index in [9.17, 15) is 19.5 Å². The van der Waals surface area contributed by atoms with Gasteiger partial charge >= 0.3 is 18.0 Å². The number of rotatable bonds is 5. The number of carboxylic acids is 2. The number of phenols is 1. The quantitative estimate of drug-likeness (QED) is 0.619. The third-order valence-electron chi connectivity index (χ3n) is 3.03. The van der Waals surface area contributed by atoms with Gasteiger partial charge in [0.05, 0.1) is 0 Å². The van der Waals surface area contributed by atoms with Crippen molar-refractivity contribution in [3.63, 3.8) is 0 Å². The first-order chi connectivity index (χ1) is 11.4. The highest BCUT2D eigenvalue weighted by molar-refractivity contribution is 6.01. The van der Waals surface area contributed by atoms with Gasteiger partial charge in [-0.25, -0.2) is 14.4 Å². The first-order valence-electron chi connectivity index (χ1n) is 6.69. The van der Waals surface area contributed by atoms with Crippen LogP contribution in [0.2, 0.25) is 0 Å². The molecular formula is C16H13NO7. The Bertz CT molecular complexity index is 751. The molecule has 0 spiro atoms. The summed E-state index contributed by atoms with van der Waals surface area (Å²) in [5.74, 6) is -3.95. The van der Waals surface area contributed by atoms with Gasteiger partial charge in [0.2, 0.25) is 0 Å².